The maximum absolute atomic E-state index is 11.3. The molecule has 5 heteroatoms. The van der Waals surface area contributed by atoms with Crippen LogP contribution in [-0.4, -0.2) is 39.8 Å². The van der Waals surface area contributed by atoms with Gasteiger partial charge in [-0.1, -0.05) is 19.9 Å². The topological polar surface area (TPSA) is 45.2 Å². The lowest BCUT2D eigenvalue weighted by Crippen LogP contribution is -2.38. The average molecular weight is 267 g/mol. The Morgan fingerprint density at radius 2 is 2.11 bits per heavy atom. The molecule has 2 heterocycles. The van der Waals surface area contributed by atoms with Gasteiger partial charge in [0.05, 0.1) is 5.69 Å². The summed E-state index contributed by atoms with van der Waals surface area (Å²) < 4.78 is 11.3. The summed E-state index contributed by atoms with van der Waals surface area (Å²) >= 11 is 0. The molecule has 1 N–H and O–H groups in total. The first-order valence-corrected chi connectivity index (χ1v) is 7.93. The highest BCUT2D eigenvalue weighted by Gasteiger charge is 2.16. The summed E-state index contributed by atoms with van der Waals surface area (Å²) in [5, 5.41) is 3.37. The molecule has 1 aliphatic heterocycles. The first kappa shape index (κ1) is 13.5. The molecule has 0 radical (unpaired) electrons. The number of pyridine rings is 1. The van der Waals surface area contributed by atoms with Gasteiger partial charge in [-0.3, -0.25) is 4.21 Å². The van der Waals surface area contributed by atoms with Crippen LogP contribution in [0.3, 0.4) is 0 Å². The highest BCUT2D eigenvalue weighted by Crippen LogP contribution is 2.14. The van der Waals surface area contributed by atoms with Crippen molar-refractivity contribution in [2.75, 3.05) is 29.5 Å². The molecule has 0 saturated carbocycles. The van der Waals surface area contributed by atoms with E-state index in [0.29, 0.717) is 6.04 Å². The zero-order chi connectivity index (χ0) is 13.0. The molecule has 0 aromatic carbocycles. The highest BCUT2D eigenvalue weighted by atomic mass is 32.2. The van der Waals surface area contributed by atoms with Crippen molar-refractivity contribution in [1.29, 1.82) is 0 Å². The predicted molar refractivity (Wildman–Crippen MR) is 76.3 cm³/mol. The van der Waals surface area contributed by atoms with Crippen LogP contribution in [0.5, 0.6) is 0 Å². The summed E-state index contributed by atoms with van der Waals surface area (Å²) in [6.07, 6.45) is 0. The van der Waals surface area contributed by atoms with Crippen molar-refractivity contribution in [2.45, 2.75) is 26.4 Å². The minimum absolute atomic E-state index is 0.466. The SMILES string of the molecule is CC(C)NCc1cccc(N2CCS(=O)CC2)n1. The number of aromatic nitrogens is 1. The van der Waals surface area contributed by atoms with Crippen LogP contribution >= 0.6 is 0 Å². The van der Waals surface area contributed by atoms with Gasteiger partial charge in [-0.2, -0.15) is 0 Å². The molecule has 0 bridgehead atoms. The summed E-state index contributed by atoms with van der Waals surface area (Å²) in [5.41, 5.74) is 1.06. The van der Waals surface area contributed by atoms with Gasteiger partial charge in [-0.25, -0.2) is 4.98 Å². The lowest BCUT2D eigenvalue weighted by Gasteiger charge is -2.27. The van der Waals surface area contributed by atoms with Crippen LogP contribution in [0.15, 0.2) is 18.2 Å². The molecule has 1 aromatic rings. The minimum atomic E-state index is -0.631. The van der Waals surface area contributed by atoms with Gasteiger partial charge in [-0.05, 0) is 12.1 Å². The Morgan fingerprint density at radius 1 is 1.39 bits per heavy atom. The van der Waals surface area contributed by atoms with E-state index < -0.39 is 10.8 Å². The third-order valence-electron chi connectivity index (χ3n) is 2.99. The number of anilines is 1. The van der Waals surface area contributed by atoms with Crippen molar-refractivity contribution in [1.82, 2.24) is 10.3 Å². The molecule has 1 aliphatic rings. The molecular weight excluding hydrogens is 246 g/mol. The fourth-order valence-corrected chi connectivity index (χ4v) is 2.97. The van der Waals surface area contributed by atoms with Crippen LogP contribution in [0, 0.1) is 0 Å². The van der Waals surface area contributed by atoms with E-state index in [2.05, 4.69) is 29.0 Å². The van der Waals surface area contributed by atoms with Crippen LogP contribution in [0.4, 0.5) is 5.82 Å². The molecule has 0 spiro atoms. The van der Waals surface area contributed by atoms with Crippen molar-refractivity contribution >= 4 is 16.6 Å². The Balaban J connectivity index is 2.00. The molecule has 1 saturated heterocycles. The van der Waals surface area contributed by atoms with Gasteiger partial charge < -0.3 is 10.2 Å². The van der Waals surface area contributed by atoms with Crippen molar-refractivity contribution in [3.63, 3.8) is 0 Å². The van der Waals surface area contributed by atoms with E-state index in [9.17, 15) is 4.21 Å². The monoisotopic (exact) mass is 267 g/mol. The lowest BCUT2D eigenvalue weighted by atomic mass is 10.3. The Kier molecular flexibility index (Phi) is 4.72. The first-order chi connectivity index (χ1) is 8.65. The molecule has 100 valence electrons. The second-order valence-electron chi connectivity index (χ2n) is 4.86. The second kappa shape index (κ2) is 6.29. The van der Waals surface area contributed by atoms with Crippen molar-refractivity contribution in [2.24, 2.45) is 0 Å². The van der Waals surface area contributed by atoms with Crippen LogP contribution in [0.1, 0.15) is 19.5 Å². The molecule has 2 rings (SSSR count). The standard InChI is InChI=1S/C13H21N3OS/c1-11(2)14-10-12-4-3-5-13(15-12)16-6-8-18(17)9-7-16/h3-5,11,14H,6-10H2,1-2H3. The van der Waals surface area contributed by atoms with Gasteiger partial charge in [-0.15, -0.1) is 0 Å². The van der Waals surface area contributed by atoms with E-state index in [0.717, 1.165) is 42.7 Å². The number of hydrogen-bond acceptors (Lipinski definition) is 4. The summed E-state index contributed by atoms with van der Waals surface area (Å²) in [6.45, 7) is 6.75. The fourth-order valence-electron chi connectivity index (χ4n) is 1.92. The Bertz CT molecular complexity index is 412. The van der Waals surface area contributed by atoms with E-state index in [1.54, 1.807) is 0 Å². The molecule has 1 fully saturated rings. The Hall–Kier alpha value is -0.940. The van der Waals surface area contributed by atoms with E-state index >= 15 is 0 Å². The zero-order valence-electron chi connectivity index (χ0n) is 11.1. The predicted octanol–water partition coefficient (Wildman–Crippen LogP) is 1.15. The first-order valence-electron chi connectivity index (χ1n) is 6.44. The quantitative estimate of drug-likeness (QED) is 0.889. The normalized spacial score (nSPS) is 17.4. The fraction of sp³-hybridized carbons (Fsp3) is 0.615. The Labute approximate surface area is 111 Å². The highest BCUT2D eigenvalue weighted by molar-refractivity contribution is 7.85. The van der Waals surface area contributed by atoms with Crippen LogP contribution in [0.25, 0.3) is 0 Å². The van der Waals surface area contributed by atoms with Crippen molar-refractivity contribution in [3.05, 3.63) is 23.9 Å². The van der Waals surface area contributed by atoms with E-state index in [-0.39, 0.29) is 0 Å². The average Bonchev–Trinajstić information content (AvgIpc) is 2.37. The number of rotatable bonds is 4. The van der Waals surface area contributed by atoms with Crippen LogP contribution < -0.4 is 10.2 Å². The third-order valence-corrected chi connectivity index (χ3v) is 4.26. The maximum Gasteiger partial charge on any atom is 0.128 e. The summed E-state index contributed by atoms with van der Waals surface area (Å²) in [7, 11) is -0.631. The van der Waals surface area contributed by atoms with Crippen molar-refractivity contribution in [3.8, 4) is 0 Å². The molecular formula is C13H21N3OS. The second-order valence-corrected chi connectivity index (χ2v) is 6.55. The Morgan fingerprint density at radius 3 is 2.78 bits per heavy atom. The van der Waals surface area contributed by atoms with Gasteiger partial charge in [0.1, 0.15) is 5.82 Å². The smallest absolute Gasteiger partial charge is 0.128 e. The summed E-state index contributed by atoms with van der Waals surface area (Å²) in [4.78, 5) is 6.88. The minimum Gasteiger partial charge on any atom is -0.355 e. The van der Waals surface area contributed by atoms with Gasteiger partial charge in [0.25, 0.3) is 0 Å². The molecule has 1 aromatic heterocycles. The summed E-state index contributed by atoms with van der Waals surface area (Å²) in [5.74, 6) is 2.53. The largest absolute Gasteiger partial charge is 0.355 e. The van der Waals surface area contributed by atoms with Gasteiger partial charge >= 0.3 is 0 Å². The number of nitrogens with zero attached hydrogens (tertiary/aromatic N) is 2. The van der Waals surface area contributed by atoms with Crippen LogP contribution in [-0.2, 0) is 17.3 Å². The van der Waals surface area contributed by atoms with E-state index in [1.165, 1.54) is 0 Å². The number of nitrogens with one attached hydrogen (secondary N) is 1. The third kappa shape index (κ3) is 3.78. The van der Waals surface area contributed by atoms with E-state index in [1.807, 2.05) is 18.2 Å². The maximum atomic E-state index is 11.3. The van der Waals surface area contributed by atoms with Gasteiger partial charge in [0, 0.05) is 48.0 Å². The van der Waals surface area contributed by atoms with Gasteiger partial charge in [0.15, 0.2) is 0 Å². The van der Waals surface area contributed by atoms with E-state index in [4.69, 9.17) is 0 Å². The zero-order valence-corrected chi connectivity index (χ0v) is 11.9. The van der Waals surface area contributed by atoms with Crippen LogP contribution in [0.2, 0.25) is 0 Å². The molecule has 18 heavy (non-hydrogen) atoms. The summed E-state index contributed by atoms with van der Waals surface area (Å²) in [6, 6.07) is 6.59. The van der Waals surface area contributed by atoms with Crippen molar-refractivity contribution < 1.29 is 4.21 Å². The molecule has 0 amide bonds. The van der Waals surface area contributed by atoms with Gasteiger partial charge in [0.2, 0.25) is 0 Å². The lowest BCUT2D eigenvalue weighted by molar-refractivity contribution is 0.581. The molecule has 0 unspecified atom stereocenters. The molecule has 4 nitrogen and oxygen atoms in total. The molecule has 0 atom stereocenters. The molecule has 0 aliphatic carbocycles. The number of hydrogen-bond donors (Lipinski definition) is 1.